The van der Waals surface area contributed by atoms with Gasteiger partial charge < -0.3 is 15.1 Å². The number of aliphatic carboxylic acids is 1. The van der Waals surface area contributed by atoms with E-state index in [2.05, 4.69) is 9.97 Å². The number of H-pyrrole nitrogens is 2. The van der Waals surface area contributed by atoms with Gasteiger partial charge in [0, 0.05) is 26.2 Å². The van der Waals surface area contributed by atoms with Crippen molar-refractivity contribution in [1.29, 1.82) is 0 Å². The molecule has 0 bridgehead atoms. The minimum atomic E-state index is -3.67. The second-order valence-electron chi connectivity index (χ2n) is 5.36. The molecule has 1 aromatic carbocycles. The topological polar surface area (TPSA) is 127 Å². The molecule has 23 heavy (non-hydrogen) atoms. The first-order valence-corrected chi connectivity index (χ1v) is 8.46. The van der Waals surface area contributed by atoms with Crippen LogP contribution in [0.5, 0.6) is 0 Å². The minimum absolute atomic E-state index is 0.0928. The number of aromatic amines is 2. The Hall–Kier alpha value is -2.17. The van der Waals surface area contributed by atoms with Gasteiger partial charge in [0.1, 0.15) is 0 Å². The molecule has 0 aliphatic carbocycles. The number of benzene rings is 1. The molecule has 1 aliphatic heterocycles. The fraction of sp³-hybridized carbons (Fsp3) is 0.385. The van der Waals surface area contributed by atoms with Crippen molar-refractivity contribution in [1.82, 2.24) is 19.2 Å². The van der Waals surface area contributed by atoms with E-state index in [-0.39, 0.29) is 24.5 Å². The maximum absolute atomic E-state index is 12.7. The van der Waals surface area contributed by atoms with Gasteiger partial charge >= 0.3 is 11.7 Å². The van der Waals surface area contributed by atoms with Gasteiger partial charge in [-0.2, -0.15) is 4.31 Å². The number of carboxylic acids is 1. The van der Waals surface area contributed by atoms with Crippen LogP contribution in [0.3, 0.4) is 0 Å². The molecule has 1 saturated heterocycles. The summed E-state index contributed by atoms with van der Waals surface area (Å²) in [6.45, 7) is 1.11. The zero-order valence-electron chi connectivity index (χ0n) is 12.2. The summed E-state index contributed by atoms with van der Waals surface area (Å²) in [6.07, 6.45) is 0. The highest BCUT2D eigenvalue weighted by molar-refractivity contribution is 7.89. The normalized spacial score (nSPS) is 17.6. The van der Waals surface area contributed by atoms with Gasteiger partial charge in [-0.15, -0.1) is 0 Å². The standard InChI is InChI=1S/C13H16N4O5S/c18-12(19)8-16-3-5-17(6-4-16)23(21,22)9-1-2-10-11(7-9)15-13(20)14-10/h1-2,7H,3-6,8H2,(H,18,19)(H2,14,15,20). The zero-order valence-corrected chi connectivity index (χ0v) is 13.0. The van der Waals surface area contributed by atoms with Crippen LogP contribution in [0.25, 0.3) is 11.0 Å². The number of piperazine rings is 1. The molecule has 9 nitrogen and oxygen atoms in total. The molecule has 3 rings (SSSR count). The molecule has 1 fully saturated rings. The van der Waals surface area contributed by atoms with Gasteiger partial charge in [0.25, 0.3) is 0 Å². The first-order chi connectivity index (χ1) is 10.9. The molecular formula is C13H16N4O5S. The van der Waals surface area contributed by atoms with Crippen molar-refractivity contribution in [2.24, 2.45) is 0 Å². The summed E-state index contributed by atoms with van der Waals surface area (Å²) < 4.78 is 26.6. The molecule has 1 aliphatic rings. The van der Waals surface area contributed by atoms with Crippen molar-refractivity contribution in [3.63, 3.8) is 0 Å². The number of nitrogens with one attached hydrogen (secondary N) is 2. The van der Waals surface area contributed by atoms with Crippen molar-refractivity contribution < 1.29 is 18.3 Å². The monoisotopic (exact) mass is 340 g/mol. The Labute approximate surface area is 131 Å². The number of hydrogen-bond donors (Lipinski definition) is 3. The van der Waals surface area contributed by atoms with Crippen LogP contribution in [0.2, 0.25) is 0 Å². The third-order valence-electron chi connectivity index (χ3n) is 3.82. The predicted molar refractivity (Wildman–Crippen MR) is 81.8 cm³/mol. The molecule has 2 heterocycles. The molecule has 0 radical (unpaired) electrons. The van der Waals surface area contributed by atoms with Gasteiger partial charge in [0.05, 0.1) is 22.5 Å². The van der Waals surface area contributed by atoms with Crippen LogP contribution in [-0.4, -0.2) is 71.4 Å². The second kappa shape index (κ2) is 5.80. The number of rotatable bonds is 4. The third-order valence-corrected chi connectivity index (χ3v) is 5.71. The molecule has 124 valence electrons. The average Bonchev–Trinajstić information content (AvgIpc) is 2.86. The molecule has 0 atom stereocenters. The van der Waals surface area contributed by atoms with Crippen LogP contribution in [-0.2, 0) is 14.8 Å². The summed E-state index contributed by atoms with van der Waals surface area (Å²) in [7, 11) is -3.67. The Bertz CT molecular complexity index is 892. The molecule has 10 heteroatoms. The van der Waals surface area contributed by atoms with Crippen molar-refractivity contribution in [3.8, 4) is 0 Å². The van der Waals surface area contributed by atoms with Crippen LogP contribution < -0.4 is 5.69 Å². The Morgan fingerprint density at radius 2 is 1.78 bits per heavy atom. The van der Waals surface area contributed by atoms with Crippen molar-refractivity contribution in [2.75, 3.05) is 32.7 Å². The quantitative estimate of drug-likeness (QED) is 0.672. The Balaban J connectivity index is 1.80. The summed E-state index contributed by atoms with van der Waals surface area (Å²) in [6, 6.07) is 4.41. The van der Waals surface area contributed by atoms with Crippen molar-refractivity contribution in [3.05, 3.63) is 28.7 Å². The van der Waals surface area contributed by atoms with E-state index in [0.717, 1.165) is 0 Å². The summed E-state index contributed by atoms with van der Waals surface area (Å²) in [5.74, 6) is -0.928. The number of aromatic nitrogens is 2. The van der Waals surface area contributed by atoms with Crippen LogP contribution in [0.15, 0.2) is 27.9 Å². The molecule has 0 unspecified atom stereocenters. The smallest absolute Gasteiger partial charge is 0.323 e. The Morgan fingerprint density at radius 1 is 1.13 bits per heavy atom. The molecule has 2 aromatic rings. The number of carbonyl (C=O) groups is 1. The third kappa shape index (κ3) is 3.14. The number of carboxylic acid groups (broad SMARTS) is 1. The lowest BCUT2D eigenvalue weighted by Gasteiger charge is -2.32. The van der Waals surface area contributed by atoms with Crippen LogP contribution >= 0.6 is 0 Å². The Morgan fingerprint density at radius 3 is 2.43 bits per heavy atom. The number of hydrogen-bond acceptors (Lipinski definition) is 5. The van der Waals surface area contributed by atoms with Gasteiger partial charge in [0.15, 0.2) is 0 Å². The second-order valence-corrected chi connectivity index (χ2v) is 7.30. The number of imidazole rings is 1. The average molecular weight is 340 g/mol. The first-order valence-electron chi connectivity index (χ1n) is 7.02. The molecule has 0 spiro atoms. The SMILES string of the molecule is O=C(O)CN1CCN(S(=O)(=O)c2ccc3[nH]c(=O)[nH]c3c2)CC1. The fourth-order valence-electron chi connectivity index (χ4n) is 2.64. The van der Waals surface area contributed by atoms with E-state index in [0.29, 0.717) is 24.1 Å². The van der Waals surface area contributed by atoms with Crippen molar-refractivity contribution >= 4 is 27.0 Å². The van der Waals surface area contributed by atoms with E-state index in [1.165, 1.54) is 16.4 Å². The van der Waals surface area contributed by atoms with E-state index >= 15 is 0 Å². The number of nitrogens with zero attached hydrogens (tertiary/aromatic N) is 2. The predicted octanol–water partition coefficient (Wildman–Crippen LogP) is -0.753. The molecule has 1 aromatic heterocycles. The largest absolute Gasteiger partial charge is 0.480 e. The van der Waals surface area contributed by atoms with Crippen LogP contribution in [0, 0.1) is 0 Å². The minimum Gasteiger partial charge on any atom is -0.480 e. The highest BCUT2D eigenvalue weighted by Gasteiger charge is 2.29. The van der Waals surface area contributed by atoms with Gasteiger partial charge in [0.2, 0.25) is 10.0 Å². The lowest BCUT2D eigenvalue weighted by Crippen LogP contribution is -2.49. The lowest BCUT2D eigenvalue weighted by atomic mass is 10.3. The van der Waals surface area contributed by atoms with E-state index in [1.54, 1.807) is 11.0 Å². The first kappa shape index (κ1) is 15.7. The number of sulfonamides is 1. The summed E-state index contributed by atoms with van der Waals surface area (Å²) in [5.41, 5.74) is 0.581. The summed E-state index contributed by atoms with van der Waals surface area (Å²) >= 11 is 0. The molecule has 3 N–H and O–H groups in total. The van der Waals surface area contributed by atoms with Gasteiger partial charge in [-0.25, -0.2) is 13.2 Å². The highest BCUT2D eigenvalue weighted by atomic mass is 32.2. The van der Waals surface area contributed by atoms with E-state index in [1.807, 2.05) is 0 Å². The van der Waals surface area contributed by atoms with Crippen LogP contribution in [0.4, 0.5) is 0 Å². The van der Waals surface area contributed by atoms with Gasteiger partial charge in [-0.3, -0.25) is 9.69 Å². The lowest BCUT2D eigenvalue weighted by molar-refractivity contribution is -0.138. The van der Waals surface area contributed by atoms with Crippen molar-refractivity contribution in [2.45, 2.75) is 4.90 Å². The maximum Gasteiger partial charge on any atom is 0.323 e. The summed E-state index contributed by atoms with van der Waals surface area (Å²) in [4.78, 5) is 28.8. The van der Waals surface area contributed by atoms with E-state index in [9.17, 15) is 18.0 Å². The zero-order chi connectivity index (χ0) is 16.6. The molecule has 0 amide bonds. The van der Waals surface area contributed by atoms with Gasteiger partial charge in [-0.05, 0) is 18.2 Å². The fourth-order valence-corrected chi connectivity index (χ4v) is 4.09. The Kier molecular flexibility index (Phi) is 3.96. The van der Waals surface area contributed by atoms with E-state index < -0.39 is 21.7 Å². The molecular weight excluding hydrogens is 324 g/mol. The maximum atomic E-state index is 12.7. The number of fused-ring (bicyclic) bond motifs is 1. The van der Waals surface area contributed by atoms with E-state index in [4.69, 9.17) is 5.11 Å². The molecule has 0 saturated carbocycles. The summed E-state index contributed by atoms with van der Waals surface area (Å²) in [5, 5.41) is 8.77. The van der Waals surface area contributed by atoms with Crippen LogP contribution in [0.1, 0.15) is 0 Å². The van der Waals surface area contributed by atoms with Gasteiger partial charge in [-0.1, -0.05) is 0 Å². The highest BCUT2D eigenvalue weighted by Crippen LogP contribution is 2.20.